The maximum absolute atomic E-state index is 11.6. The number of nitrogens with zero attached hydrogens (tertiary/aromatic N) is 1. The highest BCUT2D eigenvalue weighted by Crippen LogP contribution is 2.23. The van der Waals surface area contributed by atoms with Crippen molar-refractivity contribution in [2.45, 2.75) is 37.9 Å². The molecule has 1 aromatic heterocycles. The molecule has 0 aromatic carbocycles. The zero-order valence-electron chi connectivity index (χ0n) is 11.9. The molecular formula is C14H17NO2S. The second-order valence-corrected chi connectivity index (χ2v) is 7.69. The predicted octanol–water partition coefficient (Wildman–Crippen LogP) is 1.75. The lowest BCUT2D eigenvalue weighted by molar-refractivity contribution is 0.581. The largest absolute Gasteiger partial charge is 0.247 e. The molecule has 0 amide bonds. The highest BCUT2D eigenvalue weighted by Gasteiger charge is 2.27. The van der Waals surface area contributed by atoms with Gasteiger partial charge < -0.3 is 0 Å². The third-order valence-electron chi connectivity index (χ3n) is 3.37. The molecule has 0 unspecified atom stereocenters. The first-order valence-corrected chi connectivity index (χ1v) is 7.82. The Bertz CT molecular complexity index is 681. The number of aromatic nitrogens is 1. The fraction of sp³-hybridized carbons (Fsp3) is 0.500. The summed E-state index contributed by atoms with van der Waals surface area (Å²) in [5, 5.41) is 0. The highest BCUT2D eigenvalue weighted by atomic mass is 32.2. The van der Waals surface area contributed by atoms with Crippen LogP contribution in [0.1, 0.15) is 38.5 Å². The van der Waals surface area contributed by atoms with Gasteiger partial charge in [-0.3, -0.25) is 0 Å². The van der Waals surface area contributed by atoms with Crippen LogP contribution in [0.2, 0.25) is 0 Å². The van der Waals surface area contributed by atoms with E-state index in [-0.39, 0.29) is 6.17 Å². The van der Waals surface area contributed by atoms with Crippen molar-refractivity contribution >= 4 is 9.84 Å². The van der Waals surface area contributed by atoms with E-state index >= 15 is 0 Å². The van der Waals surface area contributed by atoms with Crippen LogP contribution in [0.25, 0.3) is 0 Å². The van der Waals surface area contributed by atoms with Crippen molar-refractivity contribution in [1.82, 2.24) is 4.98 Å². The fourth-order valence-corrected chi connectivity index (χ4v) is 2.08. The number of hydrogen-bond donors (Lipinski definition) is 0. The number of fused-ring (bicyclic) bond motifs is 1. The Labute approximate surface area is 110 Å². The quantitative estimate of drug-likeness (QED) is 0.726. The summed E-state index contributed by atoms with van der Waals surface area (Å²) >= 11 is 0. The fourth-order valence-electron chi connectivity index (χ4n) is 1.84. The highest BCUT2D eigenvalue weighted by molar-refractivity contribution is 7.92. The van der Waals surface area contributed by atoms with Crippen LogP contribution in [0.5, 0.6) is 0 Å². The number of hydrogen-bond acceptors (Lipinski definition) is 3. The van der Waals surface area contributed by atoms with Gasteiger partial charge >= 0.3 is 0 Å². The number of sulfone groups is 1. The lowest BCUT2D eigenvalue weighted by Crippen LogP contribution is -2.28. The summed E-state index contributed by atoms with van der Waals surface area (Å²) < 4.78 is 29.8. The van der Waals surface area contributed by atoms with Gasteiger partial charge in [-0.2, -0.15) is 0 Å². The summed E-state index contributed by atoms with van der Waals surface area (Å²) in [6.07, 6.45) is 4.28. The summed E-state index contributed by atoms with van der Waals surface area (Å²) in [5.74, 6) is 5.66. The summed E-state index contributed by atoms with van der Waals surface area (Å²) in [7, 11) is -3.24. The molecule has 1 aliphatic rings. The topological polar surface area (TPSA) is 47.0 Å². The van der Waals surface area contributed by atoms with Crippen molar-refractivity contribution in [1.29, 1.82) is 0 Å². The lowest BCUT2D eigenvalue weighted by atomic mass is 10.1. The van der Waals surface area contributed by atoms with E-state index in [0.717, 1.165) is 30.4 Å². The Morgan fingerprint density at radius 3 is 2.83 bits per heavy atom. The zero-order valence-corrected chi connectivity index (χ0v) is 11.7. The van der Waals surface area contributed by atoms with Crippen molar-refractivity contribution in [2.24, 2.45) is 0 Å². The molecule has 0 saturated carbocycles. The maximum Gasteiger partial charge on any atom is 0.163 e. The minimum Gasteiger partial charge on any atom is -0.247 e. The number of pyridine rings is 1. The van der Waals surface area contributed by atoms with Gasteiger partial charge in [0.05, 0.1) is 1.37 Å². The van der Waals surface area contributed by atoms with Crippen molar-refractivity contribution in [2.75, 3.05) is 6.26 Å². The first-order chi connectivity index (χ1) is 8.71. The van der Waals surface area contributed by atoms with Gasteiger partial charge in [-0.15, -0.1) is 0 Å². The molecule has 18 heavy (non-hydrogen) atoms. The van der Waals surface area contributed by atoms with E-state index in [2.05, 4.69) is 16.8 Å². The van der Waals surface area contributed by atoms with E-state index in [1.165, 1.54) is 6.26 Å². The summed E-state index contributed by atoms with van der Waals surface area (Å²) in [6.45, 7) is 3.17. The van der Waals surface area contributed by atoms with Gasteiger partial charge in [-0.25, -0.2) is 13.4 Å². The van der Waals surface area contributed by atoms with Crippen molar-refractivity contribution < 1.29 is 9.79 Å². The third-order valence-corrected chi connectivity index (χ3v) is 5.33. The summed E-state index contributed by atoms with van der Waals surface area (Å²) in [5.41, 5.74) is 2.77. The van der Waals surface area contributed by atoms with Crippen LogP contribution in [-0.4, -0.2) is 24.4 Å². The van der Waals surface area contributed by atoms with Gasteiger partial charge in [0.2, 0.25) is 0 Å². The van der Waals surface area contributed by atoms with Gasteiger partial charge in [-0.05, 0) is 56.2 Å². The van der Waals surface area contributed by atoms with Crippen LogP contribution in [0.15, 0.2) is 12.2 Å². The van der Waals surface area contributed by atoms with Gasteiger partial charge in [0.25, 0.3) is 0 Å². The Morgan fingerprint density at radius 1 is 1.44 bits per heavy atom. The van der Waals surface area contributed by atoms with Gasteiger partial charge in [0.15, 0.2) is 9.84 Å². The molecule has 0 saturated heterocycles. The molecule has 0 N–H and O–H groups in total. The Morgan fingerprint density at radius 2 is 2.17 bits per heavy atom. The molecule has 1 aliphatic carbocycles. The van der Waals surface area contributed by atoms with E-state index in [4.69, 9.17) is 1.37 Å². The number of rotatable bonds is 1. The maximum atomic E-state index is 11.6. The van der Waals surface area contributed by atoms with Crippen LogP contribution in [0, 0.1) is 11.8 Å². The second-order valence-electron chi connectivity index (χ2n) is 5.12. The summed E-state index contributed by atoms with van der Waals surface area (Å²) in [4.78, 5) is 4.13. The zero-order chi connectivity index (χ0) is 14.3. The lowest BCUT2D eigenvalue weighted by Gasteiger charge is -2.14. The molecule has 96 valence electrons. The Hall–Kier alpha value is -1.34. The molecule has 0 bridgehead atoms. The minimum atomic E-state index is -3.24. The minimum absolute atomic E-state index is 0.196. The third kappa shape index (κ3) is 2.41. The normalized spacial score (nSPS) is 15.6. The van der Waals surface area contributed by atoms with Crippen LogP contribution in [0.3, 0.4) is 0 Å². The van der Waals surface area contributed by atoms with Gasteiger partial charge in [0, 0.05) is 12.4 Å². The molecule has 0 fully saturated rings. The van der Waals surface area contributed by atoms with Crippen LogP contribution in [0.4, 0.5) is 0 Å². The van der Waals surface area contributed by atoms with Crippen LogP contribution < -0.4 is 0 Å². The van der Waals surface area contributed by atoms with E-state index in [1.807, 2.05) is 0 Å². The Kier molecular flexibility index (Phi) is 2.87. The molecule has 1 heterocycles. The predicted molar refractivity (Wildman–Crippen MR) is 72.1 cm³/mol. The number of aryl methyl sites for hydroxylation is 1. The smallest absolute Gasteiger partial charge is 0.163 e. The molecule has 0 spiro atoms. The molecule has 0 radical (unpaired) electrons. The molecule has 0 aliphatic heterocycles. The van der Waals surface area contributed by atoms with Crippen LogP contribution in [-0.2, 0) is 22.7 Å². The second kappa shape index (κ2) is 4.40. The van der Waals surface area contributed by atoms with E-state index in [0.29, 0.717) is 5.69 Å². The van der Waals surface area contributed by atoms with Crippen LogP contribution >= 0.6 is 0 Å². The first-order valence-electron chi connectivity index (χ1n) is 6.43. The standard InChI is InChI=1S/C14H17NO2S/c1-14(2,18(3,16)17)9-7-13-12-6-4-5-11(12)8-10-15-13/h8,10H,4-6H2,1-3H3/i10D. The summed E-state index contributed by atoms with van der Waals surface area (Å²) in [6, 6.07) is 1.77. The van der Waals surface area contributed by atoms with E-state index in [9.17, 15) is 8.42 Å². The van der Waals surface area contributed by atoms with E-state index < -0.39 is 14.6 Å². The first kappa shape index (κ1) is 11.7. The Balaban J connectivity index is 2.47. The molecule has 2 rings (SSSR count). The molecule has 1 aromatic rings. The monoisotopic (exact) mass is 264 g/mol. The van der Waals surface area contributed by atoms with Crippen molar-refractivity contribution in [3.8, 4) is 11.8 Å². The van der Waals surface area contributed by atoms with Gasteiger partial charge in [0.1, 0.15) is 10.4 Å². The molecule has 3 nitrogen and oxygen atoms in total. The molecule has 4 heteroatoms. The molecular weight excluding hydrogens is 246 g/mol. The average Bonchev–Trinajstić information content (AvgIpc) is 2.72. The van der Waals surface area contributed by atoms with Crippen molar-refractivity contribution in [3.63, 3.8) is 0 Å². The van der Waals surface area contributed by atoms with Crippen molar-refractivity contribution in [3.05, 3.63) is 29.1 Å². The average molecular weight is 264 g/mol. The van der Waals surface area contributed by atoms with Gasteiger partial charge in [-0.1, -0.05) is 5.92 Å². The van der Waals surface area contributed by atoms with E-state index in [1.54, 1.807) is 19.9 Å². The molecule has 0 atom stereocenters. The SMILES string of the molecule is [2H]c1cc2c(c(C#CC(C)(C)S(C)(=O)=O)n1)CCC2.